The zero-order valence-electron chi connectivity index (χ0n) is 9.89. The summed E-state index contributed by atoms with van der Waals surface area (Å²) in [4.78, 5) is 0. The van der Waals surface area contributed by atoms with Gasteiger partial charge in [-0.05, 0) is 12.3 Å². The molecule has 0 radical (unpaired) electrons. The molecule has 0 bridgehead atoms. The van der Waals surface area contributed by atoms with Crippen LogP contribution in [0.1, 0.15) is 32.6 Å². The Bertz CT molecular complexity index is 218. The summed E-state index contributed by atoms with van der Waals surface area (Å²) in [7, 11) is 0. The summed E-state index contributed by atoms with van der Waals surface area (Å²) >= 11 is 0. The van der Waals surface area contributed by atoms with Crippen LogP contribution >= 0.6 is 0 Å². The molecule has 2 aliphatic rings. The molecule has 0 amide bonds. The van der Waals surface area contributed by atoms with Crippen molar-refractivity contribution >= 4 is 0 Å². The molecular formula is C12H22O4. The molecule has 4 atom stereocenters. The van der Waals surface area contributed by atoms with E-state index < -0.39 is 11.9 Å². The average molecular weight is 230 g/mol. The molecule has 2 saturated heterocycles. The number of ether oxygens (including phenoxy) is 2. The van der Waals surface area contributed by atoms with Gasteiger partial charge in [-0.3, -0.25) is 0 Å². The van der Waals surface area contributed by atoms with E-state index in [0.717, 1.165) is 25.9 Å². The Morgan fingerprint density at radius 1 is 1.31 bits per heavy atom. The van der Waals surface area contributed by atoms with Crippen LogP contribution in [0.5, 0.6) is 0 Å². The Kier molecular flexibility index (Phi) is 3.85. The fraction of sp³-hybridized carbons (Fsp3) is 1.00. The average Bonchev–Trinajstić information content (AvgIpc) is 2.30. The van der Waals surface area contributed by atoms with Crippen molar-refractivity contribution in [2.75, 3.05) is 19.8 Å². The minimum absolute atomic E-state index is 0.0190. The number of aliphatic hydroxyl groups excluding tert-OH is 2. The summed E-state index contributed by atoms with van der Waals surface area (Å²) in [6.07, 6.45) is 3.09. The third kappa shape index (κ3) is 2.40. The van der Waals surface area contributed by atoms with Gasteiger partial charge in [0, 0.05) is 18.8 Å². The van der Waals surface area contributed by atoms with E-state index in [1.807, 2.05) is 0 Å². The van der Waals surface area contributed by atoms with E-state index in [2.05, 4.69) is 6.92 Å². The lowest BCUT2D eigenvalue weighted by molar-refractivity contribution is -0.307. The van der Waals surface area contributed by atoms with Gasteiger partial charge in [-0.2, -0.15) is 0 Å². The lowest BCUT2D eigenvalue weighted by atomic mass is 9.86. The maximum atomic E-state index is 9.89. The van der Waals surface area contributed by atoms with Crippen LogP contribution in [0.25, 0.3) is 0 Å². The molecule has 4 nitrogen and oxygen atoms in total. The quantitative estimate of drug-likeness (QED) is 0.740. The summed E-state index contributed by atoms with van der Waals surface area (Å²) in [5, 5.41) is 18.9. The van der Waals surface area contributed by atoms with E-state index in [4.69, 9.17) is 14.6 Å². The van der Waals surface area contributed by atoms with E-state index in [1.54, 1.807) is 0 Å². The van der Waals surface area contributed by atoms with Crippen molar-refractivity contribution in [1.82, 2.24) is 0 Å². The maximum absolute atomic E-state index is 9.89. The predicted octanol–water partition coefficient (Wildman–Crippen LogP) is 0.909. The Hall–Kier alpha value is -0.160. The molecule has 0 aromatic rings. The molecule has 94 valence electrons. The van der Waals surface area contributed by atoms with E-state index >= 15 is 0 Å². The Morgan fingerprint density at radius 3 is 2.56 bits per heavy atom. The molecule has 1 unspecified atom stereocenters. The second-order valence-corrected chi connectivity index (χ2v) is 5.06. The van der Waals surface area contributed by atoms with Crippen molar-refractivity contribution in [3.63, 3.8) is 0 Å². The first-order valence-corrected chi connectivity index (χ1v) is 6.26. The minimum atomic E-state index is -0.573. The number of rotatable bonds is 2. The second-order valence-electron chi connectivity index (χ2n) is 5.06. The van der Waals surface area contributed by atoms with Crippen molar-refractivity contribution in [2.45, 2.75) is 44.5 Å². The predicted molar refractivity (Wildman–Crippen MR) is 58.8 cm³/mol. The molecule has 4 heteroatoms. The van der Waals surface area contributed by atoms with E-state index in [1.165, 1.54) is 0 Å². The third-order valence-electron chi connectivity index (χ3n) is 3.95. The minimum Gasteiger partial charge on any atom is -0.396 e. The van der Waals surface area contributed by atoms with Gasteiger partial charge in [-0.1, -0.05) is 13.3 Å². The largest absolute Gasteiger partial charge is 0.396 e. The van der Waals surface area contributed by atoms with Gasteiger partial charge < -0.3 is 19.7 Å². The molecule has 2 aliphatic heterocycles. The van der Waals surface area contributed by atoms with Gasteiger partial charge in [0.2, 0.25) is 0 Å². The van der Waals surface area contributed by atoms with E-state index in [9.17, 15) is 5.11 Å². The SMILES string of the molecule is CCC1CC[C@@]2(C[C@@H](O)[C@H](CO)CO2)OC1. The molecule has 2 N–H and O–H groups in total. The molecule has 0 aliphatic carbocycles. The lowest BCUT2D eigenvalue weighted by Gasteiger charge is -2.45. The topological polar surface area (TPSA) is 58.9 Å². The van der Waals surface area contributed by atoms with Gasteiger partial charge in [0.1, 0.15) is 0 Å². The van der Waals surface area contributed by atoms with Crippen molar-refractivity contribution in [1.29, 1.82) is 0 Å². The Labute approximate surface area is 96.6 Å². The molecule has 0 aromatic heterocycles. The fourth-order valence-electron chi connectivity index (χ4n) is 2.53. The summed E-state index contributed by atoms with van der Waals surface area (Å²) in [6.45, 7) is 3.28. The molecule has 2 heterocycles. The standard InChI is InChI=1S/C12H22O4/c1-2-9-3-4-12(15-7-9)5-11(14)10(6-13)8-16-12/h9-11,13-14H,2-8H2,1H3/t9?,10-,11-,12-/m1/s1. The smallest absolute Gasteiger partial charge is 0.170 e. The van der Waals surface area contributed by atoms with Gasteiger partial charge in [-0.15, -0.1) is 0 Å². The number of hydrogen-bond acceptors (Lipinski definition) is 4. The molecule has 1 spiro atoms. The monoisotopic (exact) mass is 230 g/mol. The van der Waals surface area contributed by atoms with Gasteiger partial charge in [-0.25, -0.2) is 0 Å². The van der Waals surface area contributed by atoms with Gasteiger partial charge >= 0.3 is 0 Å². The highest BCUT2D eigenvalue weighted by atomic mass is 16.7. The lowest BCUT2D eigenvalue weighted by Crippen LogP contribution is -2.51. The molecule has 0 saturated carbocycles. The normalized spacial score (nSPS) is 44.8. The van der Waals surface area contributed by atoms with E-state index in [-0.39, 0.29) is 12.5 Å². The molecular weight excluding hydrogens is 208 g/mol. The van der Waals surface area contributed by atoms with Crippen LogP contribution in [-0.4, -0.2) is 41.9 Å². The summed E-state index contributed by atoms with van der Waals surface area (Å²) < 4.78 is 11.5. The van der Waals surface area contributed by atoms with Crippen molar-refractivity contribution in [3.8, 4) is 0 Å². The van der Waals surface area contributed by atoms with Gasteiger partial charge in [0.15, 0.2) is 5.79 Å². The van der Waals surface area contributed by atoms with Crippen LogP contribution in [0, 0.1) is 11.8 Å². The molecule has 2 rings (SSSR count). The Balaban J connectivity index is 1.91. The molecule has 0 aromatic carbocycles. The van der Waals surface area contributed by atoms with Crippen molar-refractivity contribution in [3.05, 3.63) is 0 Å². The molecule has 16 heavy (non-hydrogen) atoms. The highest BCUT2D eigenvalue weighted by Gasteiger charge is 2.44. The van der Waals surface area contributed by atoms with Crippen LogP contribution in [0.15, 0.2) is 0 Å². The van der Waals surface area contributed by atoms with Crippen molar-refractivity contribution in [2.24, 2.45) is 11.8 Å². The first kappa shape index (κ1) is 12.3. The maximum Gasteiger partial charge on any atom is 0.170 e. The Morgan fingerprint density at radius 2 is 2.06 bits per heavy atom. The van der Waals surface area contributed by atoms with Crippen LogP contribution < -0.4 is 0 Å². The van der Waals surface area contributed by atoms with Gasteiger partial charge in [0.05, 0.1) is 25.9 Å². The fourth-order valence-corrected chi connectivity index (χ4v) is 2.53. The van der Waals surface area contributed by atoms with Gasteiger partial charge in [0.25, 0.3) is 0 Å². The molecule has 2 fully saturated rings. The third-order valence-corrected chi connectivity index (χ3v) is 3.95. The van der Waals surface area contributed by atoms with Crippen molar-refractivity contribution < 1.29 is 19.7 Å². The number of aliphatic hydroxyl groups is 2. The van der Waals surface area contributed by atoms with Crippen LogP contribution in [0.2, 0.25) is 0 Å². The summed E-state index contributed by atoms with van der Waals surface area (Å²) in [5.41, 5.74) is 0. The van der Waals surface area contributed by atoms with Crippen LogP contribution in [0.4, 0.5) is 0 Å². The van der Waals surface area contributed by atoms with Crippen LogP contribution in [-0.2, 0) is 9.47 Å². The van der Waals surface area contributed by atoms with Crippen LogP contribution in [0.3, 0.4) is 0 Å². The highest BCUT2D eigenvalue weighted by molar-refractivity contribution is 4.87. The van der Waals surface area contributed by atoms with E-state index in [0.29, 0.717) is 18.9 Å². The first-order valence-electron chi connectivity index (χ1n) is 6.26. The zero-order valence-corrected chi connectivity index (χ0v) is 9.89. The first-order chi connectivity index (χ1) is 7.69. The highest BCUT2D eigenvalue weighted by Crippen LogP contribution is 2.38. The summed E-state index contributed by atoms with van der Waals surface area (Å²) in [5.74, 6) is -0.100. The summed E-state index contributed by atoms with van der Waals surface area (Å²) in [6, 6.07) is 0. The second kappa shape index (κ2) is 5.00. The zero-order chi connectivity index (χ0) is 11.6. The number of hydrogen-bond donors (Lipinski definition) is 2.